The van der Waals surface area contributed by atoms with Crippen molar-refractivity contribution in [3.05, 3.63) is 33.3 Å². The van der Waals surface area contributed by atoms with Gasteiger partial charge in [0.05, 0.1) is 25.2 Å². The zero-order valence-corrected chi connectivity index (χ0v) is 11.0. The van der Waals surface area contributed by atoms with Crippen molar-refractivity contribution in [1.29, 1.82) is 5.26 Å². The van der Waals surface area contributed by atoms with Crippen LogP contribution in [0.1, 0.15) is 23.6 Å². The zero-order valence-electron chi connectivity index (χ0n) is 9.36. The Hall–Kier alpha value is -1.38. The molecule has 0 radical (unpaired) electrons. The number of hydrogen-bond donors (Lipinski definition) is 1. The Labute approximate surface area is 108 Å². The molecule has 0 aliphatic rings. The first-order valence-electron chi connectivity index (χ1n) is 5.10. The van der Waals surface area contributed by atoms with Crippen LogP contribution in [0.15, 0.2) is 16.6 Å². The van der Waals surface area contributed by atoms with Crippen molar-refractivity contribution in [2.24, 2.45) is 0 Å². The first kappa shape index (κ1) is 13.7. The number of aliphatic hydroxyl groups excluding tert-OH is 1. The number of carbonyl (C=O) groups is 1. The number of ether oxygens (including phenoxy) is 1. The van der Waals surface area contributed by atoms with Gasteiger partial charge in [-0.3, -0.25) is 4.79 Å². The van der Waals surface area contributed by atoms with E-state index >= 15 is 0 Å². The molecular formula is C12H12BrNO3. The van der Waals surface area contributed by atoms with Gasteiger partial charge in [-0.2, -0.15) is 5.26 Å². The molecule has 0 aliphatic heterocycles. The third-order valence-electron chi connectivity index (χ3n) is 2.17. The Morgan fingerprint density at radius 2 is 2.29 bits per heavy atom. The summed E-state index contributed by atoms with van der Waals surface area (Å²) in [7, 11) is 0. The van der Waals surface area contributed by atoms with Crippen LogP contribution < -0.4 is 0 Å². The maximum absolute atomic E-state index is 11.4. The summed E-state index contributed by atoms with van der Waals surface area (Å²) in [5, 5.41) is 18.1. The van der Waals surface area contributed by atoms with Crippen molar-refractivity contribution in [2.75, 3.05) is 6.61 Å². The van der Waals surface area contributed by atoms with Crippen LogP contribution in [0.25, 0.3) is 0 Å². The summed E-state index contributed by atoms with van der Waals surface area (Å²) in [6.45, 7) is 1.89. The minimum Gasteiger partial charge on any atom is -0.466 e. The van der Waals surface area contributed by atoms with Crippen LogP contribution in [0.5, 0.6) is 0 Å². The lowest BCUT2D eigenvalue weighted by molar-refractivity contribution is -0.142. The van der Waals surface area contributed by atoms with Gasteiger partial charge >= 0.3 is 5.97 Å². The van der Waals surface area contributed by atoms with Crippen LogP contribution >= 0.6 is 15.9 Å². The van der Waals surface area contributed by atoms with Crippen molar-refractivity contribution < 1.29 is 14.6 Å². The van der Waals surface area contributed by atoms with E-state index in [9.17, 15) is 4.79 Å². The second kappa shape index (κ2) is 6.38. The Bertz CT molecular complexity index is 466. The van der Waals surface area contributed by atoms with E-state index in [2.05, 4.69) is 15.9 Å². The molecule has 0 unspecified atom stereocenters. The molecule has 0 fully saturated rings. The van der Waals surface area contributed by atoms with Gasteiger partial charge in [0, 0.05) is 4.47 Å². The van der Waals surface area contributed by atoms with Crippen LogP contribution in [0.3, 0.4) is 0 Å². The topological polar surface area (TPSA) is 70.3 Å². The Balaban J connectivity index is 3.08. The van der Waals surface area contributed by atoms with Crippen LogP contribution in [0.4, 0.5) is 0 Å². The number of hydrogen-bond acceptors (Lipinski definition) is 4. The lowest BCUT2D eigenvalue weighted by Gasteiger charge is -2.08. The van der Waals surface area contributed by atoms with Crippen LogP contribution in [0, 0.1) is 11.3 Å². The van der Waals surface area contributed by atoms with Crippen molar-refractivity contribution in [3.63, 3.8) is 0 Å². The van der Waals surface area contributed by atoms with Gasteiger partial charge in [-0.15, -0.1) is 0 Å². The molecule has 0 aliphatic carbocycles. The van der Waals surface area contributed by atoms with Gasteiger partial charge < -0.3 is 9.84 Å². The summed E-state index contributed by atoms with van der Waals surface area (Å²) in [6.07, 6.45) is 0.0309. The van der Waals surface area contributed by atoms with Crippen molar-refractivity contribution in [2.45, 2.75) is 20.0 Å². The molecule has 90 valence electrons. The average molecular weight is 298 g/mol. The molecule has 4 nitrogen and oxygen atoms in total. The predicted octanol–water partition coefficient (Wildman–Crippen LogP) is 1.92. The molecular weight excluding hydrogens is 286 g/mol. The molecule has 1 aromatic carbocycles. The second-order valence-corrected chi connectivity index (χ2v) is 4.22. The largest absolute Gasteiger partial charge is 0.466 e. The molecule has 0 saturated heterocycles. The second-order valence-electron chi connectivity index (χ2n) is 3.36. The normalized spacial score (nSPS) is 9.76. The van der Waals surface area contributed by atoms with Crippen LogP contribution in [-0.4, -0.2) is 17.7 Å². The van der Waals surface area contributed by atoms with E-state index in [4.69, 9.17) is 15.1 Å². The highest BCUT2D eigenvalue weighted by Gasteiger charge is 2.13. The number of halogens is 1. The molecule has 0 atom stereocenters. The molecule has 0 spiro atoms. The number of aliphatic hydroxyl groups is 1. The highest BCUT2D eigenvalue weighted by atomic mass is 79.9. The molecule has 1 N–H and O–H groups in total. The van der Waals surface area contributed by atoms with E-state index < -0.39 is 0 Å². The van der Waals surface area contributed by atoms with Gasteiger partial charge in [0.25, 0.3) is 0 Å². The third-order valence-corrected chi connectivity index (χ3v) is 2.79. The molecule has 1 rings (SSSR count). The summed E-state index contributed by atoms with van der Waals surface area (Å²) in [5.74, 6) is -0.383. The fourth-order valence-electron chi connectivity index (χ4n) is 1.45. The number of rotatable bonds is 4. The number of nitrogens with zero attached hydrogens (tertiary/aromatic N) is 1. The first-order chi connectivity index (χ1) is 8.12. The zero-order chi connectivity index (χ0) is 12.8. The van der Waals surface area contributed by atoms with Gasteiger partial charge in [-0.25, -0.2) is 0 Å². The lowest BCUT2D eigenvalue weighted by atomic mass is 10.0. The highest BCUT2D eigenvalue weighted by Crippen LogP contribution is 2.23. The Kier molecular flexibility index (Phi) is 5.13. The fourth-order valence-corrected chi connectivity index (χ4v) is 2.09. The number of benzene rings is 1. The van der Waals surface area contributed by atoms with Gasteiger partial charge in [0.2, 0.25) is 0 Å². The van der Waals surface area contributed by atoms with Crippen molar-refractivity contribution in [1.82, 2.24) is 0 Å². The lowest BCUT2D eigenvalue weighted by Crippen LogP contribution is -2.09. The van der Waals surface area contributed by atoms with Gasteiger partial charge in [0.1, 0.15) is 6.07 Å². The smallest absolute Gasteiger partial charge is 0.310 e. The Morgan fingerprint density at radius 3 is 2.82 bits per heavy atom. The van der Waals surface area contributed by atoms with Gasteiger partial charge in [-0.1, -0.05) is 6.07 Å². The van der Waals surface area contributed by atoms with Crippen molar-refractivity contribution in [3.8, 4) is 6.07 Å². The highest BCUT2D eigenvalue weighted by molar-refractivity contribution is 9.10. The maximum atomic E-state index is 11.4. The van der Waals surface area contributed by atoms with E-state index in [-0.39, 0.29) is 19.0 Å². The summed E-state index contributed by atoms with van der Waals surface area (Å²) in [4.78, 5) is 11.4. The molecule has 0 amide bonds. The summed E-state index contributed by atoms with van der Waals surface area (Å²) < 4.78 is 5.41. The number of nitriles is 1. The monoisotopic (exact) mass is 297 g/mol. The standard InChI is InChI=1S/C12H12BrNO3/c1-2-17-12(16)5-9-3-8(7-15)4-11(13)10(9)6-14/h3-4,15H,2,5,7H2,1H3. The Morgan fingerprint density at radius 1 is 1.59 bits per heavy atom. The molecule has 0 saturated carbocycles. The average Bonchev–Trinajstić information content (AvgIpc) is 2.28. The number of esters is 1. The van der Waals surface area contributed by atoms with Crippen LogP contribution in [0.2, 0.25) is 0 Å². The fraction of sp³-hybridized carbons (Fsp3) is 0.333. The van der Waals surface area contributed by atoms with Gasteiger partial charge in [-0.05, 0) is 40.0 Å². The summed E-state index contributed by atoms with van der Waals surface area (Å²) in [5.41, 5.74) is 1.61. The predicted molar refractivity (Wildman–Crippen MR) is 65.1 cm³/mol. The molecule has 0 heterocycles. The molecule has 1 aromatic rings. The molecule has 17 heavy (non-hydrogen) atoms. The summed E-state index contributed by atoms with van der Waals surface area (Å²) in [6, 6.07) is 5.33. The SMILES string of the molecule is CCOC(=O)Cc1cc(CO)cc(Br)c1C#N. The van der Waals surface area contributed by atoms with Gasteiger partial charge in [0.15, 0.2) is 0 Å². The number of carbonyl (C=O) groups excluding carboxylic acids is 1. The minimum absolute atomic E-state index is 0.0309. The maximum Gasteiger partial charge on any atom is 0.310 e. The minimum atomic E-state index is -0.383. The molecule has 5 heteroatoms. The first-order valence-corrected chi connectivity index (χ1v) is 5.89. The van der Waals surface area contributed by atoms with E-state index in [1.54, 1.807) is 19.1 Å². The van der Waals surface area contributed by atoms with E-state index in [0.717, 1.165) is 0 Å². The molecule has 0 aromatic heterocycles. The van der Waals surface area contributed by atoms with Crippen molar-refractivity contribution >= 4 is 21.9 Å². The molecule has 0 bridgehead atoms. The quantitative estimate of drug-likeness (QED) is 0.862. The van der Waals surface area contributed by atoms with Crippen LogP contribution in [-0.2, 0) is 22.6 Å². The van der Waals surface area contributed by atoms with E-state index in [1.165, 1.54) is 0 Å². The van der Waals surface area contributed by atoms with E-state index in [1.807, 2.05) is 6.07 Å². The summed E-state index contributed by atoms with van der Waals surface area (Å²) >= 11 is 3.24. The third kappa shape index (κ3) is 3.55. The van der Waals surface area contributed by atoms with E-state index in [0.29, 0.717) is 27.8 Å².